The van der Waals surface area contributed by atoms with Crippen molar-refractivity contribution in [3.8, 4) is 0 Å². The van der Waals surface area contributed by atoms with E-state index in [9.17, 15) is 14.9 Å². The van der Waals surface area contributed by atoms with E-state index in [-0.39, 0.29) is 11.6 Å². The monoisotopic (exact) mass is 366 g/mol. The summed E-state index contributed by atoms with van der Waals surface area (Å²) in [6.45, 7) is 2.58. The van der Waals surface area contributed by atoms with Crippen molar-refractivity contribution >= 4 is 23.4 Å². The van der Waals surface area contributed by atoms with Gasteiger partial charge in [0.2, 0.25) is 5.91 Å². The molecule has 0 saturated carbocycles. The van der Waals surface area contributed by atoms with Gasteiger partial charge in [-0.3, -0.25) is 19.9 Å². The third-order valence-corrected chi connectivity index (χ3v) is 4.72. The molecule has 1 aliphatic heterocycles. The average Bonchev–Trinajstić information content (AvgIpc) is 2.72. The minimum Gasteiger partial charge on any atom is -0.370 e. The number of piperidine rings is 1. The van der Waals surface area contributed by atoms with Gasteiger partial charge in [-0.25, -0.2) is 0 Å². The van der Waals surface area contributed by atoms with Gasteiger partial charge in [0.05, 0.1) is 16.8 Å². The number of benzene rings is 1. The fraction of sp³-hybridized carbons (Fsp3) is 0.300. The number of non-ortho nitro benzene ring substituents is 1. The first-order chi connectivity index (χ1) is 13.1. The Hall–Kier alpha value is -3.22. The Balaban J connectivity index is 1.41. The number of pyridine rings is 1. The van der Waals surface area contributed by atoms with Crippen molar-refractivity contribution in [1.29, 1.82) is 0 Å². The molecule has 0 aliphatic carbocycles. The Labute approximate surface area is 157 Å². The second kappa shape index (κ2) is 8.93. The van der Waals surface area contributed by atoms with Crippen molar-refractivity contribution in [2.45, 2.75) is 12.8 Å². The van der Waals surface area contributed by atoms with Crippen LogP contribution in [0.5, 0.6) is 0 Å². The maximum atomic E-state index is 12.0. The van der Waals surface area contributed by atoms with E-state index in [4.69, 9.17) is 0 Å². The Bertz CT molecular complexity index is 798. The van der Waals surface area contributed by atoms with E-state index in [0.29, 0.717) is 12.5 Å². The Morgan fingerprint density at radius 1 is 1.26 bits per heavy atom. The molecule has 27 heavy (non-hydrogen) atoms. The van der Waals surface area contributed by atoms with Crippen LogP contribution in [0.15, 0.2) is 54.9 Å². The van der Waals surface area contributed by atoms with Crippen LogP contribution < -0.4 is 10.2 Å². The number of nitrogens with one attached hydrogen (secondary N) is 1. The van der Waals surface area contributed by atoms with Crippen LogP contribution in [-0.4, -0.2) is 35.4 Å². The summed E-state index contributed by atoms with van der Waals surface area (Å²) in [5.74, 6) is 0.317. The zero-order chi connectivity index (χ0) is 19.1. The number of carbonyl (C=O) groups is 1. The van der Waals surface area contributed by atoms with Crippen LogP contribution in [0.4, 0.5) is 11.4 Å². The number of nitro benzene ring substituents is 1. The highest BCUT2D eigenvalue weighted by atomic mass is 16.6. The van der Waals surface area contributed by atoms with Crippen LogP contribution in [0.1, 0.15) is 18.4 Å². The van der Waals surface area contributed by atoms with E-state index < -0.39 is 4.92 Å². The first-order valence-corrected chi connectivity index (χ1v) is 8.97. The lowest BCUT2D eigenvalue weighted by atomic mass is 9.96. The Morgan fingerprint density at radius 3 is 2.63 bits per heavy atom. The molecule has 0 radical (unpaired) electrons. The summed E-state index contributed by atoms with van der Waals surface area (Å²) in [5.41, 5.74) is 1.93. The third kappa shape index (κ3) is 5.37. The van der Waals surface area contributed by atoms with Gasteiger partial charge in [-0.2, -0.15) is 0 Å². The average molecular weight is 366 g/mol. The zero-order valence-corrected chi connectivity index (χ0v) is 15.0. The van der Waals surface area contributed by atoms with E-state index >= 15 is 0 Å². The van der Waals surface area contributed by atoms with Gasteiger partial charge >= 0.3 is 0 Å². The number of aromatic nitrogens is 1. The largest absolute Gasteiger partial charge is 0.370 e. The topological polar surface area (TPSA) is 88.4 Å². The zero-order valence-electron chi connectivity index (χ0n) is 15.0. The quantitative estimate of drug-likeness (QED) is 0.482. The van der Waals surface area contributed by atoms with Crippen molar-refractivity contribution in [2.24, 2.45) is 5.92 Å². The highest BCUT2D eigenvalue weighted by Gasteiger charge is 2.19. The van der Waals surface area contributed by atoms with Crippen molar-refractivity contribution in [2.75, 3.05) is 24.5 Å². The smallest absolute Gasteiger partial charge is 0.269 e. The lowest BCUT2D eigenvalue weighted by Gasteiger charge is -2.33. The van der Waals surface area contributed by atoms with Gasteiger partial charge in [-0.05, 0) is 54.7 Å². The van der Waals surface area contributed by atoms with Crippen molar-refractivity contribution in [3.05, 3.63) is 70.5 Å². The molecule has 7 nitrogen and oxygen atoms in total. The Kier molecular flexibility index (Phi) is 6.14. The predicted molar refractivity (Wildman–Crippen MR) is 104 cm³/mol. The molecule has 2 heterocycles. The van der Waals surface area contributed by atoms with Crippen molar-refractivity contribution < 1.29 is 9.72 Å². The Morgan fingerprint density at radius 2 is 2.00 bits per heavy atom. The van der Waals surface area contributed by atoms with Crippen LogP contribution in [0.25, 0.3) is 6.08 Å². The molecule has 1 N–H and O–H groups in total. The number of rotatable bonds is 6. The molecular formula is C20H22N4O3. The van der Waals surface area contributed by atoms with Crippen LogP contribution in [0.3, 0.4) is 0 Å². The number of hydrogen-bond donors (Lipinski definition) is 1. The molecule has 2 aromatic rings. The third-order valence-electron chi connectivity index (χ3n) is 4.72. The van der Waals surface area contributed by atoms with E-state index in [0.717, 1.165) is 37.2 Å². The van der Waals surface area contributed by atoms with Gasteiger partial charge < -0.3 is 10.2 Å². The van der Waals surface area contributed by atoms with Crippen LogP contribution >= 0.6 is 0 Å². The van der Waals surface area contributed by atoms with E-state index in [1.807, 2.05) is 12.3 Å². The predicted octanol–water partition coefficient (Wildman–Crippen LogP) is 3.04. The second-order valence-electron chi connectivity index (χ2n) is 6.57. The van der Waals surface area contributed by atoms with Gasteiger partial charge in [0.15, 0.2) is 0 Å². The summed E-state index contributed by atoms with van der Waals surface area (Å²) >= 11 is 0. The molecule has 1 saturated heterocycles. The van der Waals surface area contributed by atoms with E-state index in [2.05, 4.69) is 21.3 Å². The molecule has 0 atom stereocenters. The van der Waals surface area contributed by atoms with E-state index in [1.165, 1.54) is 18.2 Å². The maximum Gasteiger partial charge on any atom is 0.269 e. The van der Waals surface area contributed by atoms with Gasteiger partial charge in [0.1, 0.15) is 0 Å². The summed E-state index contributed by atoms with van der Waals surface area (Å²) in [7, 11) is 0. The number of hydrogen-bond acceptors (Lipinski definition) is 5. The SMILES string of the molecule is O=C(/C=C/c1ccc([N+](=O)[O-])cc1)NCC1CCN(c2cccnc2)CC1. The number of nitrogens with zero attached hydrogens (tertiary/aromatic N) is 3. The molecule has 1 aromatic carbocycles. The molecule has 140 valence electrons. The van der Waals surface area contributed by atoms with Crippen LogP contribution in [0.2, 0.25) is 0 Å². The highest BCUT2D eigenvalue weighted by Crippen LogP contribution is 2.22. The number of carbonyl (C=O) groups excluding carboxylic acids is 1. The number of nitro groups is 1. The van der Waals surface area contributed by atoms with Gasteiger partial charge in [-0.1, -0.05) is 0 Å². The molecule has 1 aromatic heterocycles. The van der Waals surface area contributed by atoms with Gasteiger partial charge in [0.25, 0.3) is 5.69 Å². The molecule has 1 amide bonds. The summed E-state index contributed by atoms with van der Waals surface area (Å²) < 4.78 is 0. The normalized spacial score (nSPS) is 15.0. The highest BCUT2D eigenvalue weighted by molar-refractivity contribution is 5.91. The van der Waals surface area contributed by atoms with Gasteiger partial charge in [-0.15, -0.1) is 0 Å². The fourth-order valence-electron chi connectivity index (χ4n) is 3.12. The standard InChI is InChI=1S/C20H22N4O3/c25-20(8-5-16-3-6-18(7-4-16)24(26)27)22-14-17-9-12-23(13-10-17)19-2-1-11-21-15-19/h1-8,11,15,17H,9-10,12-14H2,(H,22,25)/b8-5+. The molecule has 3 rings (SSSR count). The fourth-order valence-corrected chi connectivity index (χ4v) is 3.12. The maximum absolute atomic E-state index is 12.0. The molecule has 1 aliphatic rings. The molecular weight excluding hydrogens is 344 g/mol. The first-order valence-electron chi connectivity index (χ1n) is 8.97. The van der Waals surface area contributed by atoms with Crippen molar-refractivity contribution in [1.82, 2.24) is 10.3 Å². The van der Waals surface area contributed by atoms with Gasteiger partial charge in [0, 0.05) is 44.0 Å². The van der Waals surface area contributed by atoms with Crippen LogP contribution in [0, 0.1) is 16.0 Å². The summed E-state index contributed by atoms with van der Waals surface area (Å²) in [6.07, 6.45) is 8.83. The number of anilines is 1. The minimum atomic E-state index is -0.445. The summed E-state index contributed by atoms with van der Waals surface area (Å²) in [6, 6.07) is 10.1. The molecule has 7 heteroatoms. The second-order valence-corrected chi connectivity index (χ2v) is 6.57. The molecule has 1 fully saturated rings. The lowest BCUT2D eigenvalue weighted by molar-refractivity contribution is -0.384. The number of amides is 1. The molecule has 0 spiro atoms. The van der Waals surface area contributed by atoms with Crippen LogP contribution in [-0.2, 0) is 4.79 Å². The minimum absolute atomic E-state index is 0.0363. The first kappa shape index (κ1) is 18.6. The lowest BCUT2D eigenvalue weighted by Crippen LogP contribution is -2.38. The van der Waals surface area contributed by atoms with Crippen molar-refractivity contribution in [3.63, 3.8) is 0 Å². The summed E-state index contributed by atoms with van der Waals surface area (Å²) in [5, 5.41) is 13.6. The molecule has 0 unspecified atom stereocenters. The molecule has 0 bridgehead atoms. The summed E-state index contributed by atoms with van der Waals surface area (Å²) in [4.78, 5) is 28.7. The van der Waals surface area contributed by atoms with E-state index in [1.54, 1.807) is 24.4 Å².